The van der Waals surface area contributed by atoms with Crippen LogP contribution in [0.25, 0.3) is 0 Å². The standard InChI is InChI=1S/C32H32N2O4/c35-31(27-13-7-15-29(23-27)37-21-17-25-9-3-1-4-10-25)33-19-20-34-32(36)28-14-8-16-30(24-28)38-22-18-26-11-5-2-6-12-26/h1-16,23-24H,17-22H2,(H,33,35)(H,34,36). The van der Waals surface area contributed by atoms with Gasteiger partial charge in [0.25, 0.3) is 11.8 Å². The minimum Gasteiger partial charge on any atom is -0.493 e. The fraction of sp³-hybridized carbons (Fsp3) is 0.188. The second-order valence-electron chi connectivity index (χ2n) is 8.74. The molecule has 0 heterocycles. The maximum absolute atomic E-state index is 12.6. The van der Waals surface area contributed by atoms with Gasteiger partial charge in [0.15, 0.2) is 0 Å². The lowest BCUT2D eigenvalue weighted by Gasteiger charge is -2.10. The minimum absolute atomic E-state index is 0.221. The second kappa shape index (κ2) is 14.2. The molecule has 4 aromatic rings. The zero-order valence-electron chi connectivity index (χ0n) is 21.3. The van der Waals surface area contributed by atoms with E-state index in [-0.39, 0.29) is 11.8 Å². The molecule has 194 valence electrons. The van der Waals surface area contributed by atoms with Crippen LogP contribution in [0.4, 0.5) is 0 Å². The van der Waals surface area contributed by atoms with Crippen molar-refractivity contribution in [2.75, 3.05) is 26.3 Å². The molecule has 0 aliphatic heterocycles. The Labute approximate surface area is 223 Å². The summed E-state index contributed by atoms with van der Waals surface area (Å²) < 4.78 is 11.6. The van der Waals surface area contributed by atoms with E-state index in [0.29, 0.717) is 48.9 Å². The van der Waals surface area contributed by atoms with Crippen molar-refractivity contribution in [3.63, 3.8) is 0 Å². The van der Waals surface area contributed by atoms with Crippen molar-refractivity contribution in [1.29, 1.82) is 0 Å². The summed E-state index contributed by atoms with van der Waals surface area (Å²) in [4.78, 5) is 25.1. The van der Waals surface area contributed by atoms with E-state index in [9.17, 15) is 9.59 Å². The lowest BCUT2D eigenvalue weighted by atomic mass is 10.1. The van der Waals surface area contributed by atoms with Crippen molar-refractivity contribution in [2.45, 2.75) is 12.8 Å². The first-order valence-corrected chi connectivity index (χ1v) is 12.8. The SMILES string of the molecule is O=C(NCCNC(=O)c1cccc(OCCc2ccccc2)c1)c1cccc(OCCc2ccccc2)c1. The summed E-state index contributed by atoms with van der Waals surface area (Å²) in [7, 11) is 0. The van der Waals surface area contributed by atoms with Crippen molar-refractivity contribution in [1.82, 2.24) is 10.6 Å². The van der Waals surface area contributed by atoms with Gasteiger partial charge in [-0.05, 0) is 47.5 Å². The predicted molar refractivity (Wildman–Crippen MR) is 149 cm³/mol. The molecule has 4 rings (SSSR count). The van der Waals surface area contributed by atoms with Gasteiger partial charge in [0.1, 0.15) is 11.5 Å². The van der Waals surface area contributed by atoms with E-state index in [1.54, 1.807) is 36.4 Å². The molecular formula is C32H32N2O4. The molecule has 0 radical (unpaired) electrons. The molecule has 2 amide bonds. The zero-order valence-corrected chi connectivity index (χ0v) is 21.3. The van der Waals surface area contributed by atoms with Crippen molar-refractivity contribution >= 4 is 11.8 Å². The van der Waals surface area contributed by atoms with Crippen LogP contribution >= 0.6 is 0 Å². The number of rotatable bonds is 13. The summed E-state index contributed by atoms with van der Waals surface area (Å²) in [5, 5.41) is 5.67. The van der Waals surface area contributed by atoms with Crippen molar-refractivity contribution in [3.05, 3.63) is 131 Å². The third-order valence-corrected chi connectivity index (χ3v) is 5.89. The topological polar surface area (TPSA) is 76.7 Å². The highest BCUT2D eigenvalue weighted by molar-refractivity contribution is 5.95. The maximum Gasteiger partial charge on any atom is 0.251 e. The highest BCUT2D eigenvalue weighted by Crippen LogP contribution is 2.15. The lowest BCUT2D eigenvalue weighted by Crippen LogP contribution is -2.34. The monoisotopic (exact) mass is 508 g/mol. The van der Waals surface area contributed by atoms with E-state index in [0.717, 1.165) is 12.8 Å². The molecule has 0 aliphatic rings. The first-order chi connectivity index (χ1) is 18.7. The summed E-state index contributed by atoms with van der Waals surface area (Å²) >= 11 is 0. The zero-order chi connectivity index (χ0) is 26.4. The van der Waals surface area contributed by atoms with Gasteiger partial charge in [-0.1, -0.05) is 72.8 Å². The molecule has 2 N–H and O–H groups in total. The summed E-state index contributed by atoms with van der Waals surface area (Å²) in [5.74, 6) is 0.851. The second-order valence-corrected chi connectivity index (χ2v) is 8.74. The molecule has 0 aromatic heterocycles. The maximum atomic E-state index is 12.6. The first-order valence-electron chi connectivity index (χ1n) is 12.8. The molecule has 0 atom stereocenters. The minimum atomic E-state index is -0.221. The fourth-order valence-electron chi connectivity index (χ4n) is 3.87. The summed E-state index contributed by atoms with van der Waals surface area (Å²) in [6, 6.07) is 34.4. The largest absolute Gasteiger partial charge is 0.493 e. The average molecular weight is 509 g/mol. The van der Waals surface area contributed by atoms with Crippen LogP contribution in [0, 0.1) is 0 Å². The molecule has 4 aromatic carbocycles. The number of carbonyl (C=O) groups excluding carboxylic acids is 2. The van der Waals surface area contributed by atoms with Gasteiger partial charge in [0, 0.05) is 37.1 Å². The van der Waals surface area contributed by atoms with Crippen molar-refractivity contribution < 1.29 is 19.1 Å². The molecule has 0 spiro atoms. The van der Waals surface area contributed by atoms with Gasteiger partial charge >= 0.3 is 0 Å². The van der Waals surface area contributed by atoms with Crippen LogP contribution in [0.2, 0.25) is 0 Å². The van der Waals surface area contributed by atoms with E-state index in [1.807, 2.05) is 48.5 Å². The van der Waals surface area contributed by atoms with Crippen LogP contribution in [-0.2, 0) is 12.8 Å². The first kappa shape index (κ1) is 26.5. The summed E-state index contributed by atoms with van der Waals surface area (Å²) in [6.45, 7) is 1.66. The van der Waals surface area contributed by atoms with E-state index in [4.69, 9.17) is 9.47 Å². The van der Waals surface area contributed by atoms with Crippen molar-refractivity contribution in [3.8, 4) is 11.5 Å². The van der Waals surface area contributed by atoms with E-state index in [1.165, 1.54) is 11.1 Å². The average Bonchev–Trinajstić information content (AvgIpc) is 2.96. The Morgan fingerprint density at radius 1 is 0.526 bits per heavy atom. The molecule has 6 heteroatoms. The Morgan fingerprint density at radius 2 is 0.947 bits per heavy atom. The van der Waals surface area contributed by atoms with E-state index < -0.39 is 0 Å². The lowest BCUT2D eigenvalue weighted by molar-refractivity contribution is 0.0927. The molecule has 0 fully saturated rings. The molecule has 0 aliphatic carbocycles. The number of hydrogen-bond donors (Lipinski definition) is 2. The molecular weight excluding hydrogens is 476 g/mol. The van der Waals surface area contributed by atoms with Crippen LogP contribution in [0.15, 0.2) is 109 Å². The van der Waals surface area contributed by atoms with E-state index >= 15 is 0 Å². The molecule has 0 bridgehead atoms. The molecule has 38 heavy (non-hydrogen) atoms. The Bertz CT molecular complexity index is 1210. The summed E-state index contributed by atoms with van der Waals surface area (Å²) in [6.07, 6.45) is 1.58. The highest BCUT2D eigenvalue weighted by atomic mass is 16.5. The predicted octanol–water partition coefficient (Wildman–Crippen LogP) is 5.09. The van der Waals surface area contributed by atoms with Crippen LogP contribution < -0.4 is 20.1 Å². The molecule has 0 saturated heterocycles. The smallest absolute Gasteiger partial charge is 0.251 e. The van der Waals surface area contributed by atoms with Gasteiger partial charge in [-0.2, -0.15) is 0 Å². The van der Waals surface area contributed by atoms with Gasteiger partial charge in [-0.3, -0.25) is 9.59 Å². The van der Waals surface area contributed by atoms with Crippen LogP contribution in [0.3, 0.4) is 0 Å². The van der Waals surface area contributed by atoms with Crippen LogP contribution in [-0.4, -0.2) is 38.1 Å². The van der Waals surface area contributed by atoms with E-state index in [2.05, 4.69) is 34.9 Å². The quantitative estimate of drug-likeness (QED) is 0.247. The fourth-order valence-corrected chi connectivity index (χ4v) is 3.87. The van der Waals surface area contributed by atoms with Crippen LogP contribution in [0.5, 0.6) is 11.5 Å². The number of ether oxygens (including phenoxy) is 2. The molecule has 6 nitrogen and oxygen atoms in total. The Balaban J connectivity index is 1.16. The highest BCUT2D eigenvalue weighted by Gasteiger charge is 2.09. The van der Waals surface area contributed by atoms with Gasteiger partial charge in [0.2, 0.25) is 0 Å². The Morgan fingerprint density at radius 3 is 1.37 bits per heavy atom. The Kier molecular flexibility index (Phi) is 9.92. The Hall–Kier alpha value is -4.58. The van der Waals surface area contributed by atoms with Gasteiger partial charge in [-0.15, -0.1) is 0 Å². The van der Waals surface area contributed by atoms with Crippen LogP contribution in [0.1, 0.15) is 31.8 Å². The van der Waals surface area contributed by atoms with Gasteiger partial charge < -0.3 is 20.1 Å². The third-order valence-electron chi connectivity index (χ3n) is 5.89. The third kappa shape index (κ3) is 8.52. The molecule has 0 saturated carbocycles. The van der Waals surface area contributed by atoms with Gasteiger partial charge in [-0.25, -0.2) is 0 Å². The number of benzene rings is 4. The number of hydrogen-bond acceptors (Lipinski definition) is 4. The number of amides is 2. The van der Waals surface area contributed by atoms with Crippen molar-refractivity contribution in [2.24, 2.45) is 0 Å². The molecule has 0 unspecified atom stereocenters. The number of carbonyl (C=O) groups is 2. The number of nitrogens with one attached hydrogen (secondary N) is 2. The summed E-state index contributed by atoms with van der Waals surface area (Å²) in [5.41, 5.74) is 3.42. The normalized spacial score (nSPS) is 10.4. The van der Waals surface area contributed by atoms with Gasteiger partial charge in [0.05, 0.1) is 13.2 Å².